The fraction of sp³-hybridized carbons (Fsp3) is 0.364. The van der Waals surface area contributed by atoms with Crippen molar-refractivity contribution in [1.82, 2.24) is 9.88 Å². The zero-order valence-electron chi connectivity index (χ0n) is 19.1. The molecule has 0 aliphatic carbocycles. The normalized spacial score (nSPS) is 12.7. The Bertz CT molecular complexity index is 1220. The van der Waals surface area contributed by atoms with Crippen LogP contribution in [0.4, 0.5) is 16.5 Å². The summed E-state index contributed by atoms with van der Waals surface area (Å²) >= 11 is 1.26. The molecule has 1 aromatic heterocycles. The van der Waals surface area contributed by atoms with Crippen molar-refractivity contribution in [2.75, 3.05) is 44.3 Å². The number of rotatable bonds is 9. The molecule has 3 aromatic rings. The van der Waals surface area contributed by atoms with Crippen LogP contribution in [0.15, 0.2) is 30.3 Å². The summed E-state index contributed by atoms with van der Waals surface area (Å²) in [5.41, 5.74) is -0.606. The molecule has 0 fully saturated rings. The van der Waals surface area contributed by atoms with E-state index < -0.39 is 27.1 Å². The second-order valence-corrected chi connectivity index (χ2v) is 8.71. The van der Waals surface area contributed by atoms with E-state index in [0.717, 1.165) is 36.0 Å². The number of ether oxygens (including phenoxy) is 2. The number of hydrogen-bond acceptors (Lipinski definition) is 10. The average Bonchev–Trinajstić information content (AvgIpc) is 3.26. The minimum Gasteiger partial charge on any atom is -0.486 e. The first-order valence-corrected chi connectivity index (χ1v) is 11.8. The van der Waals surface area contributed by atoms with Gasteiger partial charge in [-0.2, -0.15) is 0 Å². The minimum atomic E-state index is -0.758. The number of carbonyl (C=O) groups excluding carboxylic acids is 1. The molecular weight excluding hydrogens is 478 g/mol. The van der Waals surface area contributed by atoms with Crippen molar-refractivity contribution < 1.29 is 24.1 Å². The Morgan fingerprint density at radius 3 is 2.14 bits per heavy atom. The van der Waals surface area contributed by atoms with Crippen molar-refractivity contribution >= 4 is 44.0 Å². The van der Waals surface area contributed by atoms with E-state index >= 15 is 0 Å². The molecular formula is C22H23N5O7S. The number of aromatic nitrogens is 1. The van der Waals surface area contributed by atoms with Crippen molar-refractivity contribution in [2.45, 2.75) is 13.8 Å². The monoisotopic (exact) mass is 501 g/mol. The third-order valence-corrected chi connectivity index (χ3v) is 6.66. The molecule has 184 valence electrons. The molecule has 1 amide bonds. The molecule has 1 aliphatic heterocycles. The predicted octanol–water partition coefficient (Wildman–Crippen LogP) is 3.87. The van der Waals surface area contributed by atoms with Crippen LogP contribution >= 0.6 is 11.3 Å². The van der Waals surface area contributed by atoms with E-state index in [0.29, 0.717) is 41.9 Å². The first kappa shape index (κ1) is 24.3. The van der Waals surface area contributed by atoms with Gasteiger partial charge in [0.2, 0.25) is 0 Å². The van der Waals surface area contributed by atoms with Gasteiger partial charge in [0, 0.05) is 37.4 Å². The smallest absolute Gasteiger partial charge is 0.277 e. The largest absolute Gasteiger partial charge is 0.486 e. The summed E-state index contributed by atoms with van der Waals surface area (Å²) in [6.07, 6.45) is 0. The van der Waals surface area contributed by atoms with Crippen molar-refractivity contribution in [1.29, 1.82) is 0 Å². The van der Waals surface area contributed by atoms with Crippen LogP contribution in [0, 0.1) is 20.2 Å². The molecule has 0 spiro atoms. The lowest BCUT2D eigenvalue weighted by molar-refractivity contribution is -0.394. The number of nitro groups is 2. The highest BCUT2D eigenvalue weighted by Crippen LogP contribution is 2.39. The van der Waals surface area contributed by atoms with Crippen LogP contribution in [-0.4, -0.2) is 65.0 Å². The molecule has 35 heavy (non-hydrogen) atoms. The van der Waals surface area contributed by atoms with E-state index in [1.807, 2.05) is 13.8 Å². The summed E-state index contributed by atoms with van der Waals surface area (Å²) in [4.78, 5) is 42.9. The second kappa shape index (κ2) is 10.2. The van der Waals surface area contributed by atoms with Gasteiger partial charge in [-0.1, -0.05) is 25.2 Å². The number of nitrogens with zero attached hydrogens (tertiary/aromatic N) is 5. The van der Waals surface area contributed by atoms with Crippen molar-refractivity contribution in [3.8, 4) is 11.5 Å². The second-order valence-electron chi connectivity index (χ2n) is 7.70. The molecule has 0 N–H and O–H groups in total. The molecule has 4 rings (SSSR count). The van der Waals surface area contributed by atoms with Gasteiger partial charge in [0.25, 0.3) is 17.3 Å². The van der Waals surface area contributed by atoms with Gasteiger partial charge in [-0.3, -0.25) is 29.9 Å². The van der Waals surface area contributed by atoms with Crippen molar-refractivity contribution in [3.05, 3.63) is 56.1 Å². The number of carbonyl (C=O) groups is 1. The van der Waals surface area contributed by atoms with Gasteiger partial charge in [0.15, 0.2) is 16.6 Å². The number of nitro benzene ring substituents is 2. The van der Waals surface area contributed by atoms with E-state index in [1.54, 1.807) is 12.1 Å². The fourth-order valence-corrected chi connectivity index (χ4v) is 4.72. The Labute approximate surface area is 204 Å². The molecule has 12 nitrogen and oxygen atoms in total. The lowest BCUT2D eigenvalue weighted by Crippen LogP contribution is -2.38. The zero-order chi connectivity index (χ0) is 25.1. The number of likely N-dealkylation sites (N-methyl/N-ethyl adjacent to an activating group) is 1. The van der Waals surface area contributed by atoms with Gasteiger partial charge in [-0.25, -0.2) is 4.98 Å². The van der Waals surface area contributed by atoms with Gasteiger partial charge in [-0.15, -0.1) is 0 Å². The summed E-state index contributed by atoms with van der Waals surface area (Å²) in [6, 6.07) is 6.48. The van der Waals surface area contributed by atoms with E-state index in [-0.39, 0.29) is 12.1 Å². The SMILES string of the molecule is CCN(CC)CCN(C(=O)c1cc([N+](=O)[O-])cc([N+](=O)[O-])c1)c1nc2cc3c(cc2s1)OCCO3. The molecule has 13 heteroatoms. The van der Waals surface area contributed by atoms with Crippen molar-refractivity contribution in [2.24, 2.45) is 0 Å². The molecule has 0 saturated heterocycles. The van der Waals surface area contributed by atoms with E-state index in [2.05, 4.69) is 9.88 Å². The molecule has 0 unspecified atom stereocenters. The average molecular weight is 502 g/mol. The van der Waals surface area contributed by atoms with Crippen LogP contribution < -0.4 is 14.4 Å². The summed E-state index contributed by atoms with van der Waals surface area (Å²) in [7, 11) is 0. The van der Waals surface area contributed by atoms with Crippen LogP contribution in [-0.2, 0) is 0 Å². The molecule has 0 saturated carbocycles. The summed E-state index contributed by atoms with van der Waals surface area (Å²) < 4.78 is 12.0. The molecule has 2 aromatic carbocycles. The number of anilines is 1. The number of fused-ring (bicyclic) bond motifs is 2. The standard InChI is InChI=1S/C22H23N5O7S/c1-3-24(4-2)5-6-25(21(28)14-9-15(26(29)30)11-16(10-14)27(31)32)22-23-17-12-18-19(13-20(17)35-22)34-8-7-33-18/h9-13H,3-8H2,1-2H3. The van der Waals surface area contributed by atoms with Gasteiger partial charge in [-0.05, 0) is 13.1 Å². The van der Waals surface area contributed by atoms with Gasteiger partial charge >= 0.3 is 0 Å². The maximum atomic E-state index is 13.6. The van der Waals surface area contributed by atoms with Crippen LogP contribution in [0.1, 0.15) is 24.2 Å². The van der Waals surface area contributed by atoms with Gasteiger partial charge in [0.05, 0.1) is 31.7 Å². The topological polar surface area (TPSA) is 141 Å². The fourth-order valence-electron chi connectivity index (χ4n) is 3.72. The molecule has 1 aliphatic rings. The van der Waals surface area contributed by atoms with E-state index in [1.165, 1.54) is 16.2 Å². The summed E-state index contributed by atoms with van der Waals surface area (Å²) in [6.45, 7) is 7.16. The van der Waals surface area contributed by atoms with Crippen LogP contribution in [0.25, 0.3) is 10.2 Å². The highest BCUT2D eigenvalue weighted by atomic mass is 32.1. The number of thiazole rings is 1. The van der Waals surface area contributed by atoms with Gasteiger partial charge < -0.3 is 14.4 Å². The summed E-state index contributed by atoms with van der Waals surface area (Å²) in [5.74, 6) is 0.547. The van der Waals surface area contributed by atoms with Crippen LogP contribution in [0.3, 0.4) is 0 Å². The number of non-ortho nitro benzene ring substituents is 2. The maximum Gasteiger partial charge on any atom is 0.277 e. The van der Waals surface area contributed by atoms with Crippen molar-refractivity contribution in [3.63, 3.8) is 0 Å². The Balaban J connectivity index is 1.76. The quantitative estimate of drug-likeness (QED) is 0.315. The first-order valence-electron chi connectivity index (χ1n) is 11.0. The molecule has 0 bridgehead atoms. The minimum absolute atomic E-state index is 0.157. The zero-order valence-corrected chi connectivity index (χ0v) is 19.9. The van der Waals surface area contributed by atoms with Crippen LogP contribution in [0.5, 0.6) is 11.5 Å². The molecule has 2 heterocycles. The summed E-state index contributed by atoms with van der Waals surface area (Å²) in [5, 5.41) is 23.1. The third-order valence-electron chi connectivity index (χ3n) is 5.62. The van der Waals surface area contributed by atoms with E-state index in [9.17, 15) is 25.0 Å². The van der Waals surface area contributed by atoms with Crippen LogP contribution in [0.2, 0.25) is 0 Å². The number of benzene rings is 2. The number of amides is 1. The number of hydrogen-bond donors (Lipinski definition) is 0. The van der Waals surface area contributed by atoms with Gasteiger partial charge in [0.1, 0.15) is 13.2 Å². The Morgan fingerprint density at radius 2 is 1.57 bits per heavy atom. The maximum absolute atomic E-state index is 13.6. The third kappa shape index (κ3) is 5.15. The lowest BCUT2D eigenvalue weighted by Gasteiger charge is -2.24. The Morgan fingerprint density at radius 1 is 0.971 bits per heavy atom. The first-order chi connectivity index (χ1) is 16.8. The predicted molar refractivity (Wildman–Crippen MR) is 130 cm³/mol. The Hall–Kier alpha value is -3.84. The lowest BCUT2D eigenvalue weighted by atomic mass is 10.1. The molecule has 0 radical (unpaired) electrons. The molecule has 0 atom stereocenters. The highest BCUT2D eigenvalue weighted by Gasteiger charge is 2.27. The highest BCUT2D eigenvalue weighted by molar-refractivity contribution is 7.22. The van der Waals surface area contributed by atoms with E-state index in [4.69, 9.17) is 9.47 Å². The Kier molecular flexibility index (Phi) is 7.07.